The minimum atomic E-state index is -1.06. The Morgan fingerprint density at radius 3 is 2.56 bits per heavy atom. The fourth-order valence-electron chi connectivity index (χ4n) is 1.76. The molecule has 1 amide bonds. The highest BCUT2D eigenvalue weighted by Gasteiger charge is 2.20. The van der Waals surface area contributed by atoms with E-state index in [1.807, 2.05) is 0 Å². The molecule has 5 nitrogen and oxygen atoms in total. The third-order valence-electron chi connectivity index (χ3n) is 2.59. The SMILES string of the molecule is CC#CCCNC(=O)c1c(C)[nH]c(C(=O)O)c1C. The molecule has 0 bridgehead atoms. The first-order valence-corrected chi connectivity index (χ1v) is 5.59. The Balaban J connectivity index is 2.85. The molecule has 0 aromatic carbocycles. The first kappa shape index (κ1) is 13.8. The lowest BCUT2D eigenvalue weighted by molar-refractivity contribution is 0.0690. The normalized spacial score (nSPS) is 9.50. The first-order valence-electron chi connectivity index (χ1n) is 5.59. The predicted molar refractivity (Wildman–Crippen MR) is 67.6 cm³/mol. The summed E-state index contributed by atoms with van der Waals surface area (Å²) in [7, 11) is 0. The zero-order valence-corrected chi connectivity index (χ0v) is 10.7. The summed E-state index contributed by atoms with van der Waals surface area (Å²) in [5.41, 5.74) is 1.48. The maximum absolute atomic E-state index is 11.9. The van der Waals surface area contributed by atoms with Crippen molar-refractivity contribution in [2.24, 2.45) is 0 Å². The van der Waals surface area contributed by atoms with Crippen LogP contribution in [0.3, 0.4) is 0 Å². The highest BCUT2D eigenvalue weighted by molar-refractivity contribution is 6.00. The zero-order chi connectivity index (χ0) is 13.7. The number of hydrogen-bond donors (Lipinski definition) is 3. The lowest BCUT2D eigenvalue weighted by Crippen LogP contribution is -2.25. The number of carboxylic acids is 1. The number of amides is 1. The van der Waals surface area contributed by atoms with E-state index in [-0.39, 0.29) is 11.6 Å². The molecule has 0 fully saturated rings. The van der Waals surface area contributed by atoms with Gasteiger partial charge in [-0.1, -0.05) is 0 Å². The molecule has 0 saturated heterocycles. The van der Waals surface area contributed by atoms with E-state index in [0.717, 1.165) is 0 Å². The van der Waals surface area contributed by atoms with E-state index in [9.17, 15) is 9.59 Å². The number of hydrogen-bond acceptors (Lipinski definition) is 2. The fraction of sp³-hybridized carbons (Fsp3) is 0.385. The van der Waals surface area contributed by atoms with Crippen LogP contribution in [0, 0.1) is 25.7 Å². The molecule has 1 aromatic heterocycles. The van der Waals surface area contributed by atoms with Crippen LogP contribution in [0.15, 0.2) is 0 Å². The van der Waals surface area contributed by atoms with Crippen LogP contribution in [0.2, 0.25) is 0 Å². The van der Waals surface area contributed by atoms with E-state index in [1.54, 1.807) is 20.8 Å². The standard InChI is InChI=1S/C13H16N2O3/c1-4-5-6-7-14-12(16)10-8(2)11(13(17)18)15-9(10)3/h15H,6-7H2,1-3H3,(H,14,16)(H,17,18). The van der Waals surface area contributed by atoms with Gasteiger partial charge in [0.2, 0.25) is 0 Å². The summed E-state index contributed by atoms with van der Waals surface area (Å²) in [5.74, 6) is 4.24. The van der Waals surface area contributed by atoms with Crippen LogP contribution in [-0.2, 0) is 0 Å². The van der Waals surface area contributed by atoms with Crippen molar-refractivity contribution >= 4 is 11.9 Å². The van der Waals surface area contributed by atoms with Gasteiger partial charge in [-0.2, -0.15) is 0 Å². The molecule has 0 aliphatic rings. The van der Waals surface area contributed by atoms with Crippen molar-refractivity contribution in [3.63, 3.8) is 0 Å². The monoisotopic (exact) mass is 248 g/mol. The lowest BCUT2D eigenvalue weighted by Gasteiger charge is -2.03. The Morgan fingerprint density at radius 2 is 2.06 bits per heavy atom. The van der Waals surface area contributed by atoms with Gasteiger partial charge in [-0.15, -0.1) is 11.8 Å². The third-order valence-corrected chi connectivity index (χ3v) is 2.59. The second-order valence-electron chi connectivity index (χ2n) is 3.86. The van der Waals surface area contributed by atoms with Gasteiger partial charge in [0.25, 0.3) is 5.91 Å². The number of carbonyl (C=O) groups excluding carboxylic acids is 1. The molecule has 1 rings (SSSR count). The number of carboxylic acid groups (broad SMARTS) is 1. The van der Waals surface area contributed by atoms with Gasteiger partial charge in [-0.3, -0.25) is 4.79 Å². The maximum Gasteiger partial charge on any atom is 0.352 e. The lowest BCUT2D eigenvalue weighted by atomic mass is 10.1. The number of nitrogens with one attached hydrogen (secondary N) is 2. The Kier molecular flexibility index (Phi) is 4.55. The number of aromatic carboxylic acids is 1. The smallest absolute Gasteiger partial charge is 0.352 e. The summed E-state index contributed by atoms with van der Waals surface area (Å²) in [5, 5.41) is 11.7. The molecule has 0 radical (unpaired) electrons. The summed E-state index contributed by atoms with van der Waals surface area (Å²) < 4.78 is 0. The first-order chi connectivity index (χ1) is 8.49. The molecule has 1 aromatic rings. The summed E-state index contributed by atoms with van der Waals surface area (Å²) in [6.45, 7) is 5.49. The molecule has 1 heterocycles. The van der Waals surface area contributed by atoms with E-state index >= 15 is 0 Å². The number of aromatic nitrogens is 1. The van der Waals surface area contributed by atoms with E-state index in [4.69, 9.17) is 5.11 Å². The maximum atomic E-state index is 11.9. The largest absolute Gasteiger partial charge is 0.477 e. The van der Waals surface area contributed by atoms with Crippen molar-refractivity contribution < 1.29 is 14.7 Å². The summed E-state index contributed by atoms with van der Waals surface area (Å²) in [6, 6.07) is 0. The summed E-state index contributed by atoms with van der Waals surface area (Å²) in [4.78, 5) is 25.5. The van der Waals surface area contributed by atoms with Gasteiger partial charge in [0.05, 0.1) is 5.56 Å². The summed E-state index contributed by atoms with van der Waals surface area (Å²) in [6.07, 6.45) is 0.580. The minimum absolute atomic E-state index is 0.0611. The van der Waals surface area contributed by atoms with Crippen LogP contribution in [0.5, 0.6) is 0 Å². The van der Waals surface area contributed by atoms with Crippen LogP contribution >= 0.6 is 0 Å². The summed E-state index contributed by atoms with van der Waals surface area (Å²) >= 11 is 0. The van der Waals surface area contributed by atoms with Crippen molar-refractivity contribution in [2.75, 3.05) is 6.54 Å². The Labute approximate surface area is 106 Å². The molecule has 0 aliphatic heterocycles. The Morgan fingerprint density at radius 1 is 1.39 bits per heavy atom. The second kappa shape index (κ2) is 5.92. The van der Waals surface area contributed by atoms with Crippen LogP contribution in [0.25, 0.3) is 0 Å². The molecular formula is C13H16N2O3. The van der Waals surface area contributed by atoms with Crippen LogP contribution in [-0.4, -0.2) is 28.5 Å². The minimum Gasteiger partial charge on any atom is -0.477 e. The Hall–Kier alpha value is -2.22. The highest BCUT2D eigenvalue weighted by Crippen LogP contribution is 2.17. The topological polar surface area (TPSA) is 82.2 Å². The van der Waals surface area contributed by atoms with Gasteiger partial charge in [0, 0.05) is 18.7 Å². The van der Waals surface area contributed by atoms with Crippen molar-refractivity contribution in [3.8, 4) is 11.8 Å². The predicted octanol–water partition coefficient (Wildman–Crippen LogP) is 1.47. The average molecular weight is 248 g/mol. The molecule has 0 atom stereocenters. The molecular weight excluding hydrogens is 232 g/mol. The molecule has 5 heteroatoms. The van der Waals surface area contributed by atoms with Crippen molar-refractivity contribution in [1.82, 2.24) is 10.3 Å². The Bertz CT molecular complexity index is 532. The van der Waals surface area contributed by atoms with Crippen LogP contribution < -0.4 is 5.32 Å². The molecule has 0 unspecified atom stereocenters. The number of rotatable bonds is 4. The van der Waals surface area contributed by atoms with Gasteiger partial charge < -0.3 is 15.4 Å². The van der Waals surface area contributed by atoms with E-state index in [2.05, 4.69) is 22.1 Å². The van der Waals surface area contributed by atoms with Gasteiger partial charge in [-0.05, 0) is 26.3 Å². The van der Waals surface area contributed by atoms with Crippen LogP contribution in [0.4, 0.5) is 0 Å². The third kappa shape index (κ3) is 2.92. The van der Waals surface area contributed by atoms with Gasteiger partial charge >= 0.3 is 5.97 Å². The van der Waals surface area contributed by atoms with Gasteiger partial charge in [0.15, 0.2) is 0 Å². The van der Waals surface area contributed by atoms with E-state index < -0.39 is 5.97 Å². The number of aryl methyl sites for hydroxylation is 1. The average Bonchev–Trinajstić information content (AvgIpc) is 2.60. The quantitative estimate of drug-likeness (QED) is 0.557. The van der Waals surface area contributed by atoms with Crippen molar-refractivity contribution in [1.29, 1.82) is 0 Å². The van der Waals surface area contributed by atoms with E-state index in [1.165, 1.54) is 0 Å². The molecule has 0 spiro atoms. The number of aromatic amines is 1. The fourth-order valence-corrected chi connectivity index (χ4v) is 1.76. The number of H-pyrrole nitrogens is 1. The highest BCUT2D eigenvalue weighted by atomic mass is 16.4. The second-order valence-corrected chi connectivity index (χ2v) is 3.86. The van der Waals surface area contributed by atoms with Gasteiger partial charge in [0.1, 0.15) is 5.69 Å². The molecule has 96 valence electrons. The number of carbonyl (C=O) groups is 2. The molecule has 18 heavy (non-hydrogen) atoms. The zero-order valence-electron chi connectivity index (χ0n) is 10.7. The molecule has 0 aliphatic carbocycles. The van der Waals surface area contributed by atoms with Crippen LogP contribution in [0.1, 0.15) is 45.4 Å². The van der Waals surface area contributed by atoms with Gasteiger partial charge in [-0.25, -0.2) is 4.79 Å². The molecule has 3 N–H and O–H groups in total. The molecule has 0 saturated carbocycles. The van der Waals surface area contributed by atoms with Crippen molar-refractivity contribution in [2.45, 2.75) is 27.2 Å². The van der Waals surface area contributed by atoms with Crippen molar-refractivity contribution in [3.05, 3.63) is 22.5 Å². The van der Waals surface area contributed by atoms with E-state index in [0.29, 0.717) is 29.8 Å².